The number of hydrogen-bond acceptors (Lipinski definition) is 3. The van der Waals surface area contributed by atoms with Crippen LogP contribution in [0.4, 0.5) is 0 Å². The first kappa shape index (κ1) is 15.0. The Kier molecular flexibility index (Phi) is 4.63. The van der Waals surface area contributed by atoms with Gasteiger partial charge in [0, 0.05) is 12.6 Å². The van der Waals surface area contributed by atoms with Crippen LogP contribution < -0.4 is 5.73 Å². The van der Waals surface area contributed by atoms with Crippen LogP contribution in [-0.2, 0) is 5.54 Å². The number of likely N-dealkylation sites (tertiary alicyclic amines) is 1. The minimum atomic E-state index is -0.638. The Labute approximate surface area is 128 Å². The third-order valence-corrected chi connectivity index (χ3v) is 5.47. The zero-order valence-electron chi connectivity index (χ0n) is 12.9. The highest BCUT2D eigenvalue weighted by Gasteiger charge is 2.37. The van der Waals surface area contributed by atoms with Gasteiger partial charge in [-0.2, -0.15) is 0 Å². The SMILES string of the molecule is NC(CO)(CN1CCCC2CCCCC21)c1ccccc1. The Morgan fingerprint density at radius 1 is 1.10 bits per heavy atom. The van der Waals surface area contributed by atoms with Gasteiger partial charge in [-0.1, -0.05) is 43.2 Å². The van der Waals surface area contributed by atoms with Gasteiger partial charge < -0.3 is 10.8 Å². The summed E-state index contributed by atoms with van der Waals surface area (Å²) in [6.45, 7) is 1.91. The van der Waals surface area contributed by atoms with Crippen molar-refractivity contribution in [2.45, 2.75) is 50.1 Å². The maximum Gasteiger partial charge on any atom is 0.0773 e. The van der Waals surface area contributed by atoms with Gasteiger partial charge in [0.05, 0.1) is 12.1 Å². The molecule has 1 aliphatic heterocycles. The monoisotopic (exact) mass is 288 g/mol. The Morgan fingerprint density at radius 2 is 1.81 bits per heavy atom. The van der Waals surface area contributed by atoms with Gasteiger partial charge in [0.25, 0.3) is 0 Å². The molecule has 3 nitrogen and oxygen atoms in total. The lowest BCUT2D eigenvalue weighted by atomic mass is 9.77. The fourth-order valence-corrected chi connectivity index (χ4v) is 4.29. The molecule has 3 N–H and O–H groups in total. The Balaban J connectivity index is 1.76. The molecule has 21 heavy (non-hydrogen) atoms. The van der Waals surface area contributed by atoms with Gasteiger partial charge in [-0.05, 0) is 43.7 Å². The van der Waals surface area contributed by atoms with Crippen molar-refractivity contribution in [2.75, 3.05) is 19.7 Å². The van der Waals surface area contributed by atoms with Crippen LogP contribution in [0.1, 0.15) is 44.1 Å². The summed E-state index contributed by atoms with van der Waals surface area (Å²) in [5, 5.41) is 9.91. The average Bonchev–Trinajstić information content (AvgIpc) is 2.56. The van der Waals surface area contributed by atoms with Crippen LogP contribution in [0.2, 0.25) is 0 Å². The molecule has 116 valence electrons. The molecular formula is C18H28N2O. The molecule has 0 radical (unpaired) electrons. The number of aliphatic hydroxyl groups is 1. The van der Waals surface area contributed by atoms with Crippen molar-refractivity contribution in [1.82, 2.24) is 4.90 Å². The highest BCUT2D eigenvalue weighted by atomic mass is 16.3. The topological polar surface area (TPSA) is 49.5 Å². The Bertz CT molecular complexity index is 448. The van der Waals surface area contributed by atoms with E-state index in [2.05, 4.69) is 4.90 Å². The summed E-state index contributed by atoms with van der Waals surface area (Å²) in [6, 6.07) is 10.8. The van der Waals surface area contributed by atoms with E-state index >= 15 is 0 Å². The number of nitrogens with two attached hydrogens (primary N) is 1. The van der Waals surface area contributed by atoms with Gasteiger partial charge >= 0.3 is 0 Å². The van der Waals surface area contributed by atoms with Crippen LogP contribution in [0.25, 0.3) is 0 Å². The molecule has 3 rings (SSSR count). The van der Waals surface area contributed by atoms with E-state index in [1.807, 2.05) is 30.3 Å². The molecule has 0 aromatic heterocycles. The molecule has 0 amide bonds. The van der Waals surface area contributed by atoms with Gasteiger partial charge in [0.1, 0.15) is 0 Å². The Hall–Kier alpha value is -0.900. The average molecular weight is 288 g/mol. The highest BCUT2D eigenvalue weighted by Crippen LogP contribution is 2.36. The maximum atomic E-state index is 9.91. The first-order valence-corrected chi connectivity index (χ1v) is 8.42. The van der Waals surface area contributed by atoms with Crippen LogP contribution in [0.15, 0.2) is 30.3 Å². The predicted octanol–water partition coefficient (Wildman–Crippen LogP) is 2.49. The third kappa shape index (κ3) is 3.15. The number of benzene rings is 1. The van der Waals surface area contributed by atoms with Crippen LogP contribution in [0.5, 0.6) is 0 Å². The molecule has 2 fully saturated rings. The fourth-order valence-electron chi connectivity index (χ4n) is 4.29. The smallest absolute Gasteiger partial charge is 0.0773 e. The zero-order chi connectivity index (χ0) is 14.7. The minimum absolute atomic E-state index is 0.00486. The van der Waals surface area contributed by atoms with E-state index in [4.69, 9.17) is 5.73 Å². The molecule has 3 heteroatoms. The lowest BCUT2D eigenvalue weighted by Crippen LogP contribution is -2.56. The van der Waals surface area contributed by atoms with Crippen molar-refractivity contribution in [1.29, 1.82) is 0 Å². The van der Waals surface area contributed by atoms with E-state index in [1.54, 1.807) is 0 Å². The Morgan fingerprint density at radius 3 is 2.57 bits per heavy atom. The number of nitrogens with zero attached hydrogens (tertiary/aromatic N) is 1. The molecule has 2 aliphatic rings. The second kappa shape index (κ2) is 6.47. The normalized spacial score (nSPS) is 29.6. The molecule has 1 saturated heterocycles. The van der Waals surface area contributed by atoms with Crippen molar-refractivity contribution in [2.24, 2.45) is 11.7 Å². The molecule has 3 unspecified atom stereocenters. The lowest BCUT2D eigenvalue weighted by molar-refractivity contribution is 0.0295. The second-order valence-corrected chi connectivity index (χ2v) is 6.90. The number of rotatable bonds is 4. The lowest BCUT2D eigenvalue weighted by Gasteiger charge is -2.47. The molecule has 1 saturated carbocycles. The fraction of sp³-hybridized carbons (Fsp3) is 0.667. The van der Waals surface area contributed by atoms with Crippen molar-refractivity contribution < 1.29 is 5.11 Å². The molecular weight excluding hydrogens is 260 g/mol. The van der Waals surface area contributed by atoms with E-state index < -0.39 is 5.54 Å². The van der Waals surface area contributed by atoms with Crippen LogP contribution in [-0.4, -0.2) is 35.7 Å². The van der Waals surface area contributed by atoms with Gasteiger partial charge in [-0.15, -0.1) is 0 Å². The molecule has 1 heterocycles. The summed E-state index contributed by atoms with van der Waals surface area (Å²) in [5.74, 6) is 0.853. The van der Waals surface area contributed by atoms with Gasteiger partial charge in [-0.25, -0.2) is 0 Å². The van der Waals surface area contributed by atoms with E-state index in [0.29, 0.717) is 6.04 Å². The first-order chi connectivity index (χ1) is 10.2. The molecule has 0 spiro atoms. The van der Waals surface area contributed by atoms with Crippen molar-refractivity contribution >= 4 is 0 Å². The molecule has 1 aromatic rings. The highest BCUT2D eigenvalue weighted by molar-refractivity contribution is 5.24. The van der Waals surface area contributed by atoms with E-state index in [-0.39, 0.29) is 6.61 Å². The summed E-state index contributed by atoms with van der Waals surface area (Å²) in [7, 11) is 0. The first-order valence-electron chi connectivity index (χ1n) is 8.42. The van der Waals surface area contributed by atoms with Crippen molar-refractivity contribution in [3.8, 4) is 0 Å². The minimum Gasteiger partial charge on any atom is -0.394 e. The maximum absolute atomic E-state index is 9.91. The summed E-state index contributed by atoms with van der Waals surface area (Å²) >= 11 is 0. The van der Waals surface area contributed by atoms with E-state index in [9.17, 15) is 5.11 Å². The summed E-state index contributed by atoms with van der Waals surface area (Å²) in [4.78, 5) is 2.57. The summed E-state index contributed by atoms with van der Waals surface area (Å²) in [6.07, 6.45) is 8.08. The standard InChI is InChI=1S/C18H28N2O/c19-18(14-21,16-9-2-1-3-10-16)13-20-12-6-8-15-7-4-5-11-17(15)20/h1-3,9-10,15,17,21H,4-8,11-14,19H2. The molecule has 3 atom stereocenters. The predicted molar refractivity (Wildman–Crippen MR) is 85.9 cm³/mol. The molecule has 0 bridgehead atoms. The largest absolute Gasteiger partial charge is 0.394 e. The van der Waals surface area contributed by atoms with Crippen molar-refractivity contribution in [3.63, 3.8) is 0 Å². The van der Waals surface area contributed by atoms with Crippen molar-refractivity contribution in [3.05, 3.63) is 35.9 Å². The number of aliphatic hydroxyl groups excluding tert-OH is 1. The number of piperidine rings is 1. The van der Waals surface area contributed by atoms with E-state index in [0.717, 1.165) is 24.6 Å². The van der Waals surface area contributed by atoms with Gasteiger partial charge in [0.15, 0.2) is 0 Å². The summed E-state index contributed by atoms with van der Waals surface area (Å²) in [5.41, 5.74) is 6.99. The zero-order valence-corrected chi connectivity index (χ0v) is 12.9. The quantitative estimate of drug-likeness (QED) is 0.895. The number of fused-ring (bicyclic) bond motifs is 1. The van der Waals surface area contributed by atoms with Crippen LogP contribution in [0.3, 0.4) is 0 Å². The van der Waals surface area contributed by atoms with Gasteiger partial charge in [0.2, 0.25) is 0 Å². The molecule has 1 aromatic carbocycles. The second-order valence-electron chi connectivity index (χ2n) is 6.90. The van der Waals surface area contributed by atoms with Crippen LogP contribution in [0, 0.1) is 5.92 Å². The van der Waals surface area contributed by atoms with E-state index in [1.165, 1.54) is 38.5 Å². The third-order valence-electron chi connectivity index (χ3n) is 5.47. The van der Waals surface area contributed by atoms with Gasteiger partial charge in [-0.3, -0.25) is 4.90 Å². The molecule has 1 aliphatic carbocycles. The number of hydrogen-bond donors (Lipinski definition) is 2. The van der Waals surface area contributed by atoms with Crippen LogP contribution >= 0.6 is 0 Å². The summed E-state index contributed by atoms with van der Waals surface area (Å²) < 4.78 is 0.